The number of nitrogens with two attached hydrogens (primary N) is 1. The molecule has 0 saturated carbocycles. The zero-order valence-electron chi connectivity index (χ0n) is 12.0. The van der Waals surface area contributed by atoms with Gasteiger partial charge in [-0.05, 0) is 36.9 Å². The molecule has 1 aliphatic heterocycles. The Morgan fingerprint density at radius 3 is 3.05 bits per heavy atom. The molecule has 108 valence electrons. The zero-order chi connectivity index (χ0) is 14.2. The summed E-state index contributed by atoms with van der Waals surface area (Å²) in [4.78, 5) is 2.50. The molecular weight excluding hydrogens is 268 g/mol. The number of rotatable bonds is 3. The number of benzene rings is 1. The van der Waals surface area contributed by atoms with E-state index in [4.69, 9.17) is 10.5 Å². The normalized spacial score (nSPS) is 16.1. The lowest BCUT2D eigenvalue weighted by Crippen LogP contribution is -2.25. The average molecular weight is 290 g/mol. The minimum Gasteiger partial charge on any atom is -0.496 e. The van der Waals surface area contributed by atoms with Gasteiger partial charge in [0.1, 0.15) is 5.75 Å². The molecule has 0 radical (unpaired) electrons. The molecule has 20 heavy (non-hydrogen) atoms. The number of hydrogen-bond donors (Lipinski definition) is 1. The van der Waals surface area contributed by atoms with Gasteiger partial charge < -0.3 is 10.5 Å². The lowest BCUT2D eigenvalue weighted by molar-refractivity contribution is 0.281. The van der Waals surface area contributed by atoms with Crippen molar-refractivity contribution in [3.05, 3.63) is 29.3 Å². The first-order valence-electron chi connectivity index (χ1n) is 6.99. The van der Waals surface area contributed by atoms with Crippen molar-refractivity contribution in [3.63, 3.8) is 0 Å². The molecule has 1 heterocycles. The van der Waals surface area contributed by atoms with Crippen molar-refractivity contribution in [2.24, 2.45) is 5.73 Å². The molecule has 0 aromatic heterocycles. The van der Waals surface area contributed by atoms with E-state index < -0.39 is 0 Å². The minimum atomic E-state index is 0.394. The number of hydrogen-bond acceptors (Lipinski definition) is 4. The Morgan fingerprint density at radius 2 is 2.25 bits per heavy atom. The molecule has 4 heteroatoms. The van der Waals surface area contributed by atoms with E-state index in [0.29, 0.717) is 6.54 Å². The number of methoxy groups -OCH3 is 1. The molecule has 0 atom stereocenters. The van der Waals surface area contributed by atoms with Gasteiger partial charge in [-0.15, -0.1) is 0 Å². The third kappa shape index (κ3) is 4.45. The van der Waals surface area contributed by atoms with E-state index in [9.17, 15) is 0 Å². The fraction of sp³-hybridized carbons (Fsp3) is 0.500. The Morgan fingerprint density at radius 1 is 1.35 bits per heavy atom. The van der Waals surface area contributed by atoms with Crippen LogP contribution in [-0.2, 0) is 6.54 Å². The summed E-state index contributed by atoms with van der Waals surface area (Å²) >= 11 is 2.05. The first kappa shape index (κ1) is 15.2. The van der Waals surface area contributed by atoms with Crippen LogP contribution in [0.1, 0.15) is 17.5 Å². The molecule has 2 rings (SSSR count). The highest BCUT2D eigenvalue weighted by molar-refractivity contribution is 7.99. The van der Waals surface area contributed by atoms with E-state index in [-0.39, 0.29) is 0 Å². The third-order valence-corrected chi connectivity index (χ3v) is 4.37. The number of thioether (sulfide) groups is 1. The summed E-state index contributed by atoms with van der Waals surface area (Å²) < 4.78 is 5.47. The second-order valence-corrected chi connectivity index (χ2v) is 6.00. The Labute approximate surface area is 125 Å². The van der Waals surface area contributed by atoms with Gasteiger partial charge in [-0.25, -0.2) is 0 Å². The van der Waals surface area contributed by atoms with E-state index in [1.54, 1.807) is 7.11 Å². The molecule has 2 N–H and O–H groups in total. The average Bonchev–Trinajstić information content (AvgIpc) is 2.74. The Balaban J connectivity index is 2.14. The lowest BCUT2D eigenvalue weighted by atomic mass is 10.1. The Hall–Kier alpha value is -1.15. The predicted molar refractivity (Wildman–Crippen MR) is 86.1 cm³/mol. The standard InChI is InChI=1S/C16H22N2OS/c1-19-16-6-5-14(4-2-7-17)12-15(16)13-18-8-3-10-20-11-9-18/h5-6,12H,3,7-11,13,17H2,1H3. The summed E-state index contributed by atoms with van der Waals surface area (Å²) in [5.41, 5.74) is 7.65. The van der Waals surface area contributed by atoms with Crippen LogP contribution in [0, 0.1) is 11.8 Å². The van der Waals surface area contributed by atoms with Gasteiger partial charge in [-0.3, -0.25) is 4.90 Å². The van der Waals surface area contributed by atoms with Gasteiger partial charge in [0.15, 0.2) is 0 Å². The van der Waals surface area contributed by atoms with E-state index >= 15 is 0 Å². The van der Waals surface area contributed by atoms with Crippen molar-refractivity contribution in [2.45, 2.75) is 13.0 Å². The summed E-state index contributed by atoms with van der Waals surface area (Å²) in [5.74, 6) is 9.43. The summed E-state index contributed by atoms with van der Waals surface area (Å²) in [6.07, 6.45) is 1.26. The minimum absolute atomic E-state index is 0.394. The van der Waals surface area contributed by atoms with Crippen molar-refractivity contribution in [3.8, 4) is 17.6 Å². The van der Waals surface area contributed by atoms with Crippen LogP contribution in [0.15, 0.2) is 18.2 Å². The largest absolute Gasteiger partial charge is 0.496 e. The monoisotopic (exact) mass is 290 g/mol. The smallest absolute Gasteiger partial charge is 0.123 e. The summed E-state index contributed by atoms with van der Waals surface area (Å²) in [7, 11) is 1.72. The molecule has 1 fully saturated rings. The van der Waals surface area contributed by atoms with Crippen molar-refractivity contribution in [1.82, 2.24) is 4.90 Å². The van der Waals surface area contributed by atoms with Crippen LogP contribution >= 0.6 is 11.8 Å². The molecule has 1 saturated heterocycles. The van der Waals surface area contributed by atoms with Gasteiger partial charge in [-0.1, -0.05) is 11.8 Å². The number of nitrogens with zero attached hydrogens (tertiary/aromatic N) is 1. The summed E-state index contributed by atoms with van der Waals surface area (Å²) in [6, 6.07) is 6.12. The van der Waals surface area contributed by atoms with Crippen LogP contribution in [0.5, 0.6) is 5.75 Å². The molecule has 1 aliphatic rings. The number of ether oxygens (including phenoxy) is 1. The maximum Gasteiger partial charge on any atom is 0.123 e. The van der Waals surface area contributed by atoms with E-state index in [2.05, 4.69) is 22.8 Å². The fourth-order valence-corrected chi connectivity index (χ4v) is 3.25. The first-order valence-corrected chi connectivity index (χ1v) is 8.15. The van der Waals surface area contributed by atoms with Gasteiger partial charge >= 0.3 is 0 Å². The quantitative estimate of drug-likeness (QED) is 0.864. The molecule has 3 nitrogen and oxygen atoms in total. The van der Waals surface area contributed by atoms with Gasteiger partial charge in [-0.2, -0.15) is 11.8 Å². The molecule has 1 aromatic rings. The van der Waals surface area contributed by atoms with Gasteiger partial charge in [0.05, 0.1) is 13.7 Å². The van der Waals surface area contributed by atoms with Crippen LogP contribution in [0.4, 0.5) is 0 Å². The highest BCUT2D eigenvalue weighted by Crippen LogP contribution is 2.22. The highest BCUT2D eigenvalue weighted by atomic mass is 32.2. The van der Waals surface area contributed by atoms with Crippen LogP contribution < -0.4 is 10.5 Å². The molecular formula is C16H22N2OS. The first-order chi connectivity index (χ1) is 9.83. The van der Waals surface area contributed by atoms with Gasteiger partial charge in [0.25, 0.3) is 0 Å². The van der Waals surface area contributed by atoms with E-state index in [1.165, 1.54) is 23.5 Å². The predicted octanol–water partition coefficient (Wildman–Crippen LogP) is 1.94. The van der Waals surface area contributed by atoms with Crippen LogP contribution in [-0.4, -0.2) is 43.1 Å². The second-order valence-electron chi connectivity index (χ2n) is 4.77. The van der Waals surface area contributed by atoms with Crippen molar-refractivity contribution < 1.29 is 4.74 Å². The molecule has 0 amide bonds. The van der Waals surface area contributed by atoms with Crippen LogP contribution in [0.25, 0.3) is 0 Å². The van der Waals surface area contributed by atoms with Crippen LogP contribution in [0.2, 0.25) is 0 Å². The van der Waals surface area contributed by atoms with Crippen molar-refractivity contribution >= 4 is 11.8 Å². The highest BCUT2D eigenvalue weighted by Gasteiger charge is 2.12. The van der Waals surface area contributed by atoms with E-state index in [0.717, 1.165) is 30.9 Å². The Bertz CT molecular complexity index is 485. The SMILES string of the molecule is COc1ccc(C#CCN)cc1CN1CCCSCC1. The van der Waals surface area contributed by atoms with Crippen molar-refractivity contribution in [2.75, 3.05) is 38.2 Å². The van der Waals surface area contributed by atoms with Crippen molar-refractivity contribution in [1.29, 1.82) is 0 Å². The third-order valence-electron chi connectivity index (χ3n) is 3.32. The molecule has 1 aromatic carbocycles. The Kier molecular flexibility index (Phi) is 6.25. The lowest BCUT2D eigenvalue weighted by Gasteiger charge is -2.21. The molecule has 0 spiro atoms. The topological polar surface area (TPSA) is 38.5 Å². The van der Waals surface area contributed by atoms with Gasteiger partial charge in [0, 0.05) is 30.0 Å². The fourth-order valence-electron chi connectivity index (χ4n) is 2.33. The van der Waals surface area contributed by atoms with E-state index in [1.807, 2.05) is 23.9 Å². The summed E-state index contributed by atoms with van der Waals surface area (Å²) in [5, 5.41) is 0. The maximum absolute atomic E-state index is 5.47. The van der Waals surface area contributed by atoms with Gasteiger partial charge in [0.2, 0.25) is 0 Å². The molecule has 0 aliphatic carbocycles. The molecule has 0 bridgehead atoms. The summed E-state index contributed by atoms with van der Waals surface area (Å²) in [6.45, 7) is 3.63. The maximum atomic E-state index is 5.47. The molecule has 0 unspecified atom stereocenters. The van der Waals surface area contributed by atoms with Crippen LogP contribution in [0.3, 0.4) is 0 Å². The zero-order valence-corrected chi connectivity index (χ0v) is 12.8. The second kappa shape index (κ2) is 8.21.